The summed E-state index contributed by atoms with van der Waals surface area (Å²) in [6.45, 7) is 6.27. The molecule has 1 heterocycles. The molecule has 1 aromatic rings. The van der Waals surface area contributed by atoms with Crippen LogP contribution >= 0.6 is 0 Å². The van der Waals surface area contributed by atoms with Crippen LogP contribution in [0.3, 0.4) is 0 Å². The minimum Gasteiger partial charge on any atom is -0.379 e. The van der Waals surface area contributed by atoms with Crippen molar-refractivity contribution in [3.63, 3.8) is 0 Å². The first kappa shape index (κ1) is 14.5. The Hall–Kier alpha value is -1.39. The summed E-state index contributed by atoms with van der Waals surface area (Å²) in [7, 11) is 0. The number of hydrogen-bond acceptors (Lipinski definition) is 3. The first-order valence-corrected chi connectivity index (χ1v) is 7.84. The van der Waals surface area contributed by atoms with Crippen LogP contribution < -0.4 is 5.32 Å². The van der Waals surface area contributed by atoms with Crippen LogP contribution in [0.2, 0.25) is 0 Å². The lowest BCUT2D eigenvalue weighted by Gasteiger charge is -2.24. The number of ether oxygens (including phenoxy) is 1. The van der Waals surface area contributed by atoms with E-state index in [1.165, 1.54) is 0 Å². The third-order valence-electron chi connectivity index (χ3n) is 4.19. The second kappa shape index (κ2) is 5.78. The molecule has 1 N–H and O–H groups in total. The third-order valence-corrected chi connectivity index (χ3v) is 4.19. The first-order valence-electron chi connectivity index (χ1n) is 7.84. The van der Waals surface area contributed by atoms with E-state index in [0.717, 1.165) is 25.0 Å². The summed E-state index contributed by atoms with van der Waals surface area (Å²) in [4.78, 5) is 14.6. The highest BCUT2D eigenvalue weighted by Gasteiger charge is 2.59. The van der Waals surface area contributed by atoms with Crippen LogP contribution in [0, 0.1) is 5.92 Å². The standard InChI is InChI=1S/C17H24N2O2/c1-13(2)12-21-11-10-19-15(14-6-4-3-5-7-14)18-17(8-9-17)16(19)20/h3-7,13,15,18H,8-12H2,1-2H3. The third kappa shape index (κ3) is 2.97. The Morgan fingerprint density at radius 1 is 1.33 bits per heavy atom. The molecule has 0 bridgehead atoms. The average Bonchev–Trinajstić information content (AvgIpc) is 3.21. The van der Waals surface area contributed by atoms with Gasteiger partial charge in [0.05, 0.1) is 6.61 Å². The van der Waals surface area contributed by atoms with E-state index in [0.29, 0.717) is 19.1 Å². The van der Waals surface area contributed by atoms with Gasteiger partial charge < -0.3 is 9.64 Å². The van der Waals surface area contributed by atoms with Crippen LogP contribution in [0.15, 0.2) is 30.3 Å². The predicted octanol–water partition coefficient (Wildman–Crippen LogP) is 2.32. The van der Waals surface area contributed by atoms with Crippen molar-refractivity contribution in [3.8, 4) is 0 Å². The van der Waals surface area contributed by atoms with Gasteiger partial charge in [0.1, 0.15) is 11.7 Å². The molecule has 0 radical (unpaired) electrons. The molecule has 1 atom stereocenters. The van der Waals surface area contributed by atoms with Gasteiger partial charge >= 0.3 is 0 Å². The highest BCUT2D eigenvalue weighted by Crippen LogP contribution is 2.45. The minimum atomic E-state index is -0.279. The maximum Gasteiger partial charge on any atom is 0.244 e. The highest BCUT2D eigenvalue weighted by molar-refractivity contribution is 5.92. The van der Waals surface area contributed by atoms with Crippen molar-refractivity contribution in [2.75, 3.05) is 19.8 Å². The molecule has 1 aromatic carbocycles. The summed E-state index contributed by atoms with van der Waals surface area (Å²) in [5, 5.41) is 3.53. The fraction of sp³-hybridized carbons (Fsp3) is 0.588. The minimum absolute atomic E-state index is 0.0103. The van der Waals surface area contributed by atoms with Gasteiger partial charge in [-0.05, 0) is 24.3 Å². The number of carbonyl (C=O) groups excluding carboxylic acids is 1. The number of rotatable bonds is 6. The molecule has 3 rings (SSSR count). The Labute approximate surface area is 126 Å². The normalized spacial score (nSPS) is 23.3. The van der Waals surface area contributed by atoms with E-state index in [4.69, 9.17) is 4.74 Å². The van der Waals surface area contributed by atoms with Crippen molar-refractivity contribution >= 4 is 5.91 Å². The molecule has 1 aliphatic heterocycles. The van der Waals surface area contributed by atoms with Gasteiger partial charge in [0.25, 0.3) is 0 Å². The van der Waals surface area contributed by atoms with Gasteiger partial charge in [0.2, 0.25) is 5.91 Å². The smallest absolute Gasteiger partial charge is 0.244 e. The number of benzene rings is 1. The van der Waals surface area contributed by atoms with Gasteiger partial charge in [-0.3, -0.25) is 10.1 Å². The van der Waals surface area contributed by atoms with Gasteiger partial charge in [0, 0.05) is 13.2 Å². The van der Waals surface area contributed by atoms with Crippen molar-refractivity contribution in [2.24, 2.45) is 5.92 Å². The number of amides is 1. The number of carbonyl (C=O) groups is 1. The zero-order chi connectivity index (χ0) is 14.9. The Bertz CT molecular complexity index is 497. The first-order chi connectivity index (χ1) is 10.1. The van der Waals surface area contributed by atoms with Crippen molar-refractivity contribution in [1.29, 1.82) is 0 Å². The number of nitrogens with zero attached hydrogens (tertiary/aromatic N) is 1. The molecule has 1 aliphatic carbocycles. The second-order valence-electron chi connectivity index (χ2n) is 6.51. The molecule has 2 aliphatic rings. The maximum absolute atomic E-state index is 12.6. The van der Waals surface area contributed by atoms with E-state index in [1.54, 1.807) is 0 Å². The van der Waals surface area contributed by atoms with E-state index in [2.05, 4.69) is 31.3 Å². The van der Waals surface area contributed by atoms with Crippen LogP contribution in [-0.4, -0.2) is 36.1 Å². The van der Waals surface area contributed by atoms with Gasteiger partial charge in [-0.2, -0.15) is 0 Å². The lowest BCUT2D eigenvalue weighted by molar-refractivity contribution is -0.131. The summed E-state index contributed by atoms with van der Waals surface area (Å²) in [5.74, 6) is 0.765. The zero-order valence-corrected chi connectivity index (χ0v) is 12.8. The Balaban J connectivity index is 1.67. The van der Waals surface area contributed by atoms with E-state index >= 15 is 0 Å². The Morgan fingerprint density at radius 2 is 2.05 bits per heavy atom. The average molecular weight is 288 g/mol. The van der Waals surface area contributed by atoms with E-state index in [1.807, 2.05) is 23.1 Å². The van der Waals surface area contributed by atoms with E-state index in [9.17, 15) is 4.79 Å². The van der Waals surface area contributed by atoms with Crippen LogP contribution in [0.25, 0.3) is 0 Å². The fourth-order valence-electron chi connectivity index (χ4n) is 2.89. The molecule has 21 heavy (non-hydrogen) atoms. The summed E-state index contributed by atoms with van der Waals surface area (Å²) < 4.78 is 5.66. The van der Waals surface area contributed by atoms with Gasteiger partial charge in [-0.1, -0.05) is 44.2 Å². The van der Waals surface area contributed by atoms with Gasteiger partial charge in [-0.15, -0.1) is 0 Å². The van der Waals surface area contributed by atoms with Crippen LogP contribution in [-0.2, 0) is 9.53 Å². The van der Waals surface area contributed by atoms with Crippen molar-refractivity contribution < 1.29 is 9.53 Å². The molecule has 1 saturated carbocycles. The highest BCUT2D eigenvalue weighted by atomic mass is 16.5. The van der Waals surface area contributed by atoms with E-state index in [-0.39, 0.29) is 17.6 Å². The topological polar surface area (TPSA) is 41.6 Å². The van der Waals surface area contributed by atoms with Crippen molar-refractivity contribution in [2.45, 2.75) is 38.4 Å². The molecule has 114 valence electrons. The molecule has 1 saturated heterocycles. The SMILES string of the molecule is CC(C)COCCN1C(=O)C2(CC2)NC1c1ccccc1. The van der Waals surface area contributed by atoms with Crippen LogP contribution in [0.5, 0.6) is 0 Å². The van der Waals surface area contributed by atoms with Gasteiger partial charge in [0.15, 0.2) is 0 Å². The maximum atomic E-state index is 12.6. The molecule has 1 spiro atoms. The summed E-state index contributed by atoms with van der Waals surface area (Å²) in [6, 6.07) is 10.2. The quantitative estimate of drug-likeness (QED) is 0.817. The zero-order valence-electron chi connectivity index (χ0n) is 12.8. The predicted molar refractivity (Wildman–Crippen MR) is 81.7 cm³/mol. The molecule has 4 nitrogen and oxygen atoms in total. The molecular weight excluding hydrogens is 264 g/mol. The van der Waals surface area contributed by atoms with Gasteiger partial charge in [-0.25, -0.2) is 0 Å². The summed E-state index contributed by atoms with van der Waals surface area (Å²) in [5.41, 5.74) is 0.872. The number of hydrogen-bond donors (Lipinski definition) is 1. The largest absolute Gasteiger partial charge is 0.379 e. The lowest BCUT2D eigenvalue weighted by atomic mass is 10.1. The fourth-order valence-corrected chi connectivity index (χ4v) is 2.89. The molecule has 1 amide bonds. The second-order valence-corrected chi connectivity index (χ2v) is 6.51. The summed E-state index contributed by atoms with van der Waals surface area (Å²) in [6.07, 6.45) is 1.90. The number of nitrogens with one attached hydrogen (secondary N) is 1. The Morgan fingerprint density at radius 3 is 2.67 bits per heavy atom. The molecule has 2 fully saturated rings. The lowest BCUT2D eigenvalue weighted by Crippen LogP contribution is -2.34. The molecule has 1 unspecified atom stereocenters. The molecule has 0 aromatic heterocycles. The molecular formula is C17H24N2O2. The Kier molecular flexibility index (Phi) is 4.00. The van der Waals surface area contributed by atoms with E-state index < -0.39 is 0 Å². The van der Waals surface area contributed by atoms with Crippen LogP contribution in [0.1, 0.15) is 38.4 Å². The van der Waals surface area contributed by atoms with Crippen molar-refractivity contribution in [1.82, 2.24) is 10.2 Å². The van der Waals surface area contributed by atoms with Crippen LogP contribution in [0.4, 0.5) is 0 Å². The van der Waals surface area contributed by atoms with Crippen molar-refractivity contribution in [3.05, 3.63) is 35.9 Å². The monoisotopic (exact) mass is 288 g/mol. The summed E-state index contributed by atoms with van der Waals surface area (Å²) >= 11 is 0. The molecule has 4 heteroatoms.